The molecule has 2 nitrogen and oxygen atoms in total. The predicted octanol–water partition coefficient (Wildman–Crippen LogP) is 0.884. The SMILES string of the molecule is COC1CCC(O)CC1F. The van der Waals surface area contributed by atoms with Gasteiger partial charge in [0.05, 0.1) is 12.2 Å². The van der Waals surface area contributed by atoms with E-state index in [0.717, 1.165) is 0 Å². The second kappa shape index (κ2) is 3.30. The maximum absolute atomic E-state index is 12.8. The summed E-state index contributed by atoms with van der Waals surface area (Å²) in [7, 11) is 1.51. The molecule has 0 aromatic rings. The van der Waals surface area contributed by atoms with Crippen LogP contribution in [0.3, 0.4) is 0 Å². The fraction of sp³-hybridized carbons (Fsp3) is 1.00. The largest absolute Gasteiger partial charge is 0.393 e. The molecule has 1 fully saturated rings. The van der Waals surface area contributed by atoms with E-state index in [1.165, 1.54) is 7.11 Å². The molecule has 1 rings (SSSR count). The van der Waals surface area contributed by atoms with Crippen LogP contribution in [0, 0.1) is 0 Å². The molecule has 0 radical (unpaired) electrons. The zero-order valence-corrected chi connectivity index (χ0v) is 6.09. The fourth-order valence-electron chi connectivity index (χ4n) is 1.33. The number of hydrogen-bond donors (Lipinski definition) is 1. The van der Waals surface area contributed by atoms with Gasteiger partial charge in [-0.2, -0.15) is 0 Å². The highest BCUT2D eigenvalue weighted by Gasteiger charge is 2.28. The molecule has 0 spiro atoms. The van der Waals surface area contributed by atoms with E-state index >= 15 is 0 Å². The monoisotopic (exact) mass is 148 g/mol. The molecule has 0 aromatic heterocycles. The second-order valence-electron chi connectivity index (χ2n) is 2.76. The molecule has 0 saturated heterocycles. The molecule has 3 unspecified atom stereocenters. The Morgan fingerprint density at radius 3 is 2.70 bits per heavy atom. The molecule has 60 valence electrons. The van der Waals surface area contributed by atoms with Crippen LogP contribution in [-0.4, -0.2) is 30.6 Å². The first kappa shape index (κ1) is 7.95. The Balaban J connectivity index is 2.36. The number of aliphatic hydroxyl groups is 1. The van der Waals surface area contributed by atoms with Crippen LogP contribution >= 0.6 is 0 Å². The van der Waals surface area contributed by atoms with E-state index in [0.29, 0.717) is 12.8 Å². The van der Waals surface area contributed by atoms with E-state index in [4.69, 9.17) is 9.84 Å². The summed E-state index contributed by atoms with van der Waals surface area (Å²) < 4.78 is 17.7. The molecule has 3 heteroatoms. The van der Waals surface area contributed by atoms with Crippen molar-refractivity contribution in [2.45, 2.75) is 37.6 Å². The van der Waals surface area contributed by atoms with Crippen molar-refractivity contribution in [2.75, 3.05) is 7.11 Å². The fourth-order valence-corrected chi connectivity index (χ4v) is 1.33. The first-order valence-corrected chi connectivity index (χ1v) is 3.59. The van der Waals surface area contributed by atoms with E-state index in [9.17, 15) is 4.39 Å². The van der Waals surface area contributed by atoms with Gasteiger partial charge in [-0.15, -0.1) is 0 Å². The second-order valence-corrected chi connectivity index (χ2v) is 2.76. The molecule has 0 aromatic carbocycles. The van der Waals surface area contributed by atoms with Gasteiger partial charge in [0.25, 0.3) is 0 Å². The summed E-state index contributed by atoms with van der Waals surface area (Å²) in [6.45, 7) is 0. The molecule has 0 heterocycles. The van der Waals surface area contributed by atoms with E-state index in [-0.39, 0.29) is 12.5 Å². The van der Waals surface area contributed by atoms with Gasteiger partial charge in [0, 0.05) is 13.5 Å². The lowest BCUT2D eigenvalue weighted by molar-refractivity contribution is -0.0332. The van der Waals surface area contributed by atoms with Crippen LogP contribution in [0.5, 0.6) is 0 Å². The van der Waals surface area contributed by atoms with Gasteiger partial charge >= 0.3 is 0 Å². The molecule has 1 aliphatic rings. The van der Waals surface area contributed by atoms with Gasteiger partial charge in [-0.3, -0.25) is 0 Å². The number of alkyl halides is 1. The Labute approximate surface area is 60.0 Å². The number of ether oxygens (including phenoxy) is 1. The quantitative estimate of drug-likeness (QED) is 0.598. The van der Waals surface area contributed by atoms with Crippen molar-refractivity contribution in [3.8, 4) is 0 Å². The minimum atomic E-state index is -0.978. The molecule has 0 aliphatic heterocycles. The van der Waals surface area contributed by atoms with E-state index in [2.05, 4.69) is 0 Å². The summed E-state index contributed by atoms with van der Waals surface area (Å²) in [5.74, 6) is 0. The first-order valence-electron chi connectivity index (χ1n) is 3.59. The van der Waals surface area contributed by atoms with Crippen molar-refractivity contribution in [1.29, 1.82) is 0 Å². The average molecular weight is 148 g/mol. The average Bonchev–Trinajstić information content (AvgIpc) is 1.88. The van der Waals surface area contributed by atoms with Crippen molar-refractivity contribution >= 4 is 0 Å². The molecule has 3 atom stereocenters. The van der Waals surface area contributed by atoms with E-state index < -0.39 is 12.3 Å². The Morgan fingerprint density at radius 2 is 2.20 bits per heavy atom. The van der Waals surface area contributed by atoms with Crippen LogP contribution in [0.15, 0.2) is 0 Å². The van der Waals surface area contributed by atoms with Gasteiger partial charge in [0.2, 0.25) is 0 Å². The van der Waals surface area contributed by atoms with Crippen LogP contribution in [-0.2, 0) is 4.74 Å². The third-order valence-electron chi connectivity index (χ3n) is 1.99. The van der Waals surface area contributed by atoms with Crippen LogP contribution < -0.4 is 0 Å². The lowest BCUT2D eigenvalue weighted by Gasteiger charge is -2.27. The summed E-state index contributed by atoms with van der Waals surface area (Å²) >= 11 is 0. The number of hydrogen-bond acceptors (Lipinski definition) is 2. The molecular weight excluding hydrogens is 135 g/mol. The van der Waals surface area contributed by atoms with E-state index in [1.54, 1.807) is 0 Å². The number of halogens is 1. The molecular formula is C7H13FO2. The van der Waals surface area contributed by atoms with Crippen molar-refractivity contribution in [2.24, 2.45) is 0 Å². The topological polar surface area (TPSA) is 29.5 Å². The predicted molar refractivity (Wildman–Crippen MR) is 35.6 cm³/mol. The zero-order chi connectivity index (χ0) is 7.56. The third-order valence-corrected chi connectivity index (χ3v) is 1.99. The summed E-state index contributed by atoms with van der Waals surface area (Å²) in [5.41, 5.74) is 0. The van der Waals surface area contributed by atoms with Gasteiger partial charge in [-0.25, -0.2) is 4.39 Å². The molecule has 0 amide bonds. The number of aliphatic hydroxyl groups excluding tert-OH is 1. The van der Waals surface area contributed by atoms with Crippen molar-refractivity contribution < 1.29 is 14.2 Å². The van der Waals surface area contributed by atoms with Crippen LogP contribution in [0.1, 0.15) is 19.3 Å². The summed E-state index contributed by atoms with van der Waals surface area (Å²) in [4.78, 5) is 0. The number of rotatable bonds is 1. The lowest BCUT2D eigenvalue weighted by atomic mass is 9.93. The van der Waals surface area contributed by atoms with Crippen molar-refractivity contribution in [3.63, 3.8) is 0 Å². The van der Waals surface area contributed by atoms with Crippen molar-refractivity contribution in [3.05, 3.63) is 0 Å². The summed E-state index contributed by atoms with van der Waals surface area (Å²) in [6.07, 6.45) is -0.186. The Hall–Kier alpha value is -0.150. The molecule has 1 aliphatic carbocycles. The van der Waals surface area contributed by atoms with Crippen molar-refractivity contribution in [1.82, 2.24) is 0 Å². The maximum atomic E-state index is 12.8. The van der Waals surface area contributed by atoms with Crippen LogP contribution in [0.2, 0.25) is 0 Å². The molecule has 0 bridgehead atoms. The minimum Gasteiger partial charge on any atom is -0.393 e. The van der Waals surface area contributed by atoms with Gasteiger partial charge < -0.3 is 9.84 Å². The highest BCUT2D eigenvalue weighted by molar-refractivity contribution is 4.79. The van der Waals surface area contributed by atoms with E-state index in [1.807, 2.05) is 0 Å². The highest BCUT2D eigenvalue weighted by Crippen LogP contribution is 2.23. The summed E-state index contributed by atoms with van der Waals surface area (Å²) in [5, 5.41) is 9.00. The highest BCUT2D eigenvalue weighted by atomic mass is 19.1. The smallest absolute Gasteiger partial charge is 0.129 e. The Bertz CT molecular complexity index is 108. The molecule has 1 saturated carbocycles. The normalized spacial score (nSPS) is 41.7. The maximum Gasteiger partial charge on any atom is 0.129 e. The van der Waals surface area contributed by atoms with Crippen LogP contribution in [0.25, 0.3) is 0 Å². The summed E-state index contributed by atoms with van der Waals surface area (Å²) in [6, 6.07) is 0. The van der Waals surface area contributed by atoms with Gasteiger partial charge in [0.15, 0.2) is 0 Å². The Kier molecular flexibility index (Phi) is 2.63. The van der Waals surface area contributed by atoms with Gasteiger partial charge in [-0.05, 0) is 12.8 Å². The van der Waals surface area contributed by atoms with Crippen LogP contribution in [0.4, 0.5) is 4.39 Å². The minimum absolute atomic E-state index is 0.235. The zero-order valence-electron chi connectivity index (χ0n) is 6.09. The third kappa shape index (κ3) is 1.67. The first-order chi connectivity index (χ1) is 4.74. The number of methoxy groups -OCH3 is 1. The Morgan fingerprint density at radius 1 is 1.50 bits per heavy atom. The lowest BCUT2D eigenvalue weighted by Crippen LogP contribution is -2.34. The standard InChI is InChI=1S/C7H13FO2/c1-10-7-3-2-5(9)4-6(7)8/h5-7,9H,2-4H2,1H3. The van der Waals surface area contributed by atoms with Gasteiger partial charge in [0.1, 0.15) is 6.17 Å². The molecule has 1 N–H and O–H groups in total. The van der Waals surface area contributed by atoms with Gasteiger partial charge in [-0.1, -0.05) is 0 Å². The molecule has 10 heavy (non-hydrogen) atoms.